The van der Waals surface area contributed by atoms with E-state index in [0.29, 0.717) is 12.8 Å². The topological polar surface area (TPSA) is 72.8 Å². The molecule has 0 heterocycles. The zero-order chi connectivity index (χ0) is 57.6. The second-order valence-corrected chi connectivity index (χ2v) is 24.0. The van der Waals surface area contributed by atoms with Crippen molar-refractivity contribution in [2.24, 2.45) is 0 Å². The van der Waals surface area contributed by atoms with E-state index in [1.807, 2.05) is 0 Å². The van der Waals surface area contributed by atoms with Crippen LogP contribution in [0.25, 0.3) is 0 Å². The first kappa shape index (κ1) is 77.3. The summed E-state index contributed by atoms with van der Waals surface area (Å²) in [6.07, 6.45) is 98.0. The molecule has 0 aliphatic heterocycles. The molecule has 80 heavy (non-hydrogen) atoms. The first-order valence-corrected chi connectivity index (χ1v) is 35.5. The highest BCUT2D eigenvalue weighted by Crippen LogP contribution is 2.18. The van der Waals surface area contributed by atoms with Crippen LogP contribution in [0.4, 0.5) is 0 Å². The Morgan fingerprint density at radius 1 is 0.287 bits per heavy atom. The zero-order valence-corrected chi connectivity index (χ0v) is 53.6. The average Bonchev–Trinajstić information content (AvgIpc) is 3.46. The van der Waals surface area contributed by atoms with Crippen LogP contribution < -0.4 is 0 Å². The normalized spacial score (nSPS) is 12.6. The van der Waals surface area contributed by atoms with E-state index in [0.717, 1.165) is 64.2 Å². The lowest BCUT2D eigenvalue weighted by molar-refractivity contribution is -0.161. The van der Waals surface area contributed by atoms with Crippen LogP contribution in [0.5, 0.6) is 0 Å². The summed E-state index contributed by atoms with van der Waals surface area (Å²) in [6, 6.07) is 0. The summed E-state index contributed by atoms with van der Waals surface area (Å²) >= 11 is 0. The van der Waals surface area contributed by atoms with E-state index in [2.05, 4.69) is 86.8 Å². The van der Waals surface area contributed by atoms with E-state index in [-0.39, 0.29) is 25.2 Å². The molecule has 0 spiro atoms. The van der Waals surface area contributed by atoms with Crippen molar-refractivity contribution in [2.75, 3.05) is 13.2 Å². The minimum absolute atomic E-state index is 0.0645. The number of esters is 2. The lowest BCUT2D eigenvalue weighted by Crippen LogP contribution is -2.28. The van der Waals surface area contributed by atoms with Crippen LogP contribution >= 0.6 is 0 Å². The fourth-order valence-corrected chi connectivity index (χ4v) is 10.6. The van der Waals surface area contributed by atoms with Crippen LogP contribution in [0.15, 0.2) is 72.9 Å². The van der Waals surface area contributed by atoms with Crippen LogP contribution in [0.2, 0.25) is 0 Å². The highest BCUT2D eigenvalue weighted by atomic mass is 16.6. The molecule has 0 aromatic carbocycles. The molecular weight excluding hydrogens is 981 g/mol. The Labute approximate surface area is 499 Å². The lowest BCUT2D eigenvalue weighted by atomic mass is 10.0. The maximum absolute atomic E-state index is 12.4. The molecule has 0 aromatic heterocycles. The molecule has 0 aromatic rings. The van der Waals surface area contributed by atoms with Crippen LogP contribution in [0.1, 0.15) is 373 Å². The van der Waals surface area contributed by atoms with Gasteiger partial charge in [-0.2, -0.15) is 0 Å². The monoisotopic (exact) mass is 1120 g/mol. The Hall–Kier alpha value is -2.66. The molecule has 5 heteroatoms. The van der Waals surface area contributed by atoms with Crippen molar-refractivity contribution in [2.45, 2.75) is 380 Å². The number of rotatable bonds is 66. The predicted octanol–water partition coefficient (Wildman–Crippen LogP) is 24.7. The van der Waals surface area contributed by atoms with Crippen molar-refractivity contribution in [3.05, 3.63) is 72.9 Å². The van der Waals surface area contributed by atoms with Gasteiger partial charge in [0, 0.05) is 12.8 Å². The minimum Gasteiger partial charge on any atom is -0.462 e. The Kier molecular flexibility index (Phi) is 68.3. The molecule has 1 atom stereocenters. The van der Waals surface area contributed by atoms with Gasteiger partial charge in [0.2, 0.25) is 0 Å². The van der Waals surface area contributed by atoms with E-state index in [1.165, 1.54) is 283 Å². The number of unbranched alkanes of at least 4 members (excludes halogenated alkanes) is 46. The van der Waals surface area contributed by atoms with Crippen molar-refractivity contribution >= 4 is 11.9 Å². The molecule has 0 saturated carbocycles. The molecule has 0 saturated heterocycles. The van der Waals surface area contributed by atoms with E-state index in [4.69, 9.17) is 9.47 Å². The Morgan fingerprint density at radius 2 is 0.500 bits per heavy atom. The SMILES string of the molecule is CCCCCCC/C=C\C/C=C\C/C=C\CCCCCCCCCCCCCCCCCCCCCCCCCCC(=O)OC(CO)COC(=O)CCCCCCCCCCCCCC/C=C\C/C=C\C/C=C\CCCCCCC. The van der Waals surface area contributed by atoms with Crippen molar-refractivity contribution < 1.29 is 24.2 Å². The molecule has 1 N–H and O–H groups in total. The van der Waals surface area contributed by atoms with E-state index in [9.17, 15) is 14.7 Å². The second kappa shape index (κ2) is 70.6. The quantitative estimate of drug-likeness (QED) is 0.0373. The number of hydrogen-bond donors (Lipinski definition) is 1. The third-order valence-corrected chi connectivity index (χ3v) is 16.0. The van der Waals surface area contributed by atoms with Gasteiger partial charge in [0.25, 0.3) is 0 Å². The number of aliphatic hydroxyl groups is 1. The van der Waals surface area contributed by atoms with Crippen LogP contribution in [-0.2, 0) is 19.1 Å². The van der Waals surface area contributed by atoms with Gasteiger partial charge in [-0.25, -0.2) is 0 Å². The number of carbonyl (C=O) groups is 2. The van der Waals surface area contributed by atoms with E-state index >= 15 is 0 Å². The Bertz CT molecular complexity index is 1400. The van der Waals surface area contributed by atoms with Crippen LogP contribution in [0, 0.1) is 0 Å². The van der Waals surface area contributed by atoms with Crippen molar-refractivity contribution in [1.29, 1.82) is 0 Å². The molecule has 0 fully saturated rings. The Morgan fingerprint density at radius 3 is 0.750 bits per heavy atom. The van der Waals surface area contributed by atoms with Gasteiger partial charge >= 0.3 is 11.9 Å². The van der Waals surface area contributed by atoms with Crippen molar-refractivity contribution in [3.63, 3.8) is 0 Å². The predicted molar refractivity (Wildman–Crippen MR) is 353 cm³/mol. The lowest BCUT2D eigenvalue weighted by Gasteiger charge is -2.15. The molecule has 0 aliphatic rings. The molecule has 466 valence electrons. The number of hydrogen-bond acceptors (Lipinski definition) is 5. The highest BCUT2D eigenvalue weighted by Gasteiger charge is 2.16. The molecule has 0 radical (unpaired) electrons. The van der Waals surface area contributed by atoms with Gasteiger partial charge in [0.1, 0.15) is 6.61 Å². The summed E-state index contributed by atoms with van der Waals surface area (Å²) in [7, 11) is 0. The van der Waals surface area contributed by atoms with Crippen LogP contribution in [-0.4, -0.2) is 36.4 Å². The van der Waals surface area contributed by atoms with Gasteiger partial charge in [-0.3, -0.25) is 9.59 Å². The summed E-state index contributed by atoms with van der Waals surface area (Å²) in [5.41, 5.74) is 0. The summed E-state index contributed by atoms with van der Waals surface area (Å²) in [6.45, 7) is 4.16. The van der Waals surface area contributed by atoms with Crippen LogP contribution in [0.3, 0.4) is 0 Å². The molecule has 0 amide bonds. The molecule has 0 aliphatic carbocycles. The minimum atomic E-state index is -0.775. The third-order valence-electron chi connectivity index (χ3n) is 16.0. The maximum Gasteiger partial charge on any atom is 0.306 e. The van der Waals surface area contributed by atoms with Gasteiger partial charge in [0.05, 0.1) is 6.61 Å². The molecular formula is C75H136O5. The van der Waals surface area contributed by atoms with Gasteiger partial charge in [-0.15, -0.1) is 0 Å². The first-order chi connectivity index (χ1) is 39.6. The standard InChI is InChI=1S/C75H136O5/c1-3-5-7-9-11-13-15-17-19-21-23-25-27-29-31-32-33-34-35-36-37-38-39-40-41-42-44-46-48-50-52-54-56-58-60-62-64-66-68-70-75(78)80-73(71-76)72-79-74(77)69-67-65-63-61-59-57-55-53-51-49-47-45-43-30-28-26-24-22-20-18-16-14-12-10-8-6-4-2/h15-18,21-24,27-30,73,76H,3-14,19-20,25-26,31-72H2,1-2H3/b17-15-,18-16-,23-21-,24-22-,29-27-,30-28-. The smallest absolute Gasteiger partial charge is 0.306 e. The summed E-state index contributed by atoms with van der Waals surface area (Å²) in [5, 5.41) is 9.70. The number of carbonyl (C=O) groups excluding carboxylic acids is 2. The van der Waals surface area contributed by atoms with Gasteiger partial charge in [-0.1, -0.05) is 344 Å². The van der Waals surface area contributed by atoms with E-state index < -0.39 is 6.10 Å². The number of allylic oxidation sites excluding steroid dienone is 12. The zero-order valence-electron chi connectivity index (χ0n) is 53.6. The number of ether oxygens (including phenoxy) is 2. The summed E-state index contributed by atoms with van der Waals surface area (Å²) < 4.78 is 10.8. The Balaban J connectivity index is 3.41. The maximum atomic E-state index is 12.4. The second-order valence-electron chi connectivity index (χ2n) is 24.0. The summed E-state index contributed by atoms with van der Waals surface area (Å²) in [5.74, 6) is -0.576. The fourth-order valence-electron chi connectivity index (χ4n) is 10.6. The van der Waals surface area contributed by atoms with Gasteiger partial charge in [-0.05, 0) is 89.9 Å². The highest BCUT2D eigenvalue weighted by molar-refractivity contribution is 5.70. The summed E-state index contributed by atoms with van der Waals surface area (Å²) in [4.78, 5) is 24.6. The first-order valence-electron chi connectivity index (χ1n) is 35.5. The van der Waals surface area contributed by atoms with Crippen molar-refractivity contribution in [3.8, 4) is 0 Å². The van der Waals surface area contributed by atoms with E-state index in [1.54, 1.807) is 0 Å². The molecule has 0 bridgehead atoms. The fraction of sp³-hybridized carbons (Fsp3) is 0.813. The van der Waals surface area contributed by atoms with Gasteiger partial charge in [0.15, 0.2) is 6.10 Å². The molecule has 5 nitrogen and oxygen atoms in total. The molecule has 1 unspecified atom stereocenters. The number of aliphatic hydroxyl groups excluding tert-OH is 1. The average molecular weight is 1120 g/mol. The largest absolute Gasteiger partial charge is 0.462 e. The third kappa shape index (κ3) is 67.8. The molecule has 0 rings (SSSR count). The van der Waals surface area contributed by atoms with Gasteiger partial charge < -0.3 is 14.6 Å². The van der Waals surface area contributed by atoms with Crippen molar-refractivity contribution in [1.82, 2.24) is 0 Å².